The van der Waals surface area contributed by atoms with Gasteiger partial charge in [0, 0.05) is 12.6 Å². The molecule has 2 nitrogen and oxygen atoms in total. The monoisotopic (exact) mass is 173 g/mol. The van der Waals surface area contributed by atoms with Crippen molar-refractivity contribution in [3.8, 4) is 0 Å². The molecule has 2 heteroatoms. The van der Waals surface area contributed by atoms with Gasteiger partial charge in [0.1, 0.15) is 0 Å². The fourth-order valence-corrected chi connectivity index (χ4v) is 1.30. The maximum absolute atomic E-state index is 8.54. The summed E-state index contributed by atoms with van der Waals surface area (Å²) >= 11 is 0. The smallest absolute Gasteiger partial charge is 0.0431 e. The standard InChI is InChI=1S/C10H23NO/c1-3-7-10(2)11-8-5-4-6-9-12/h10-12H,3-9H2,1-2H3/t10-/m1/s1. The van der Waals surface area contributed by atoms with Gasteiger partial charge >= 0.3 is 0 Å². The van der Waals surface area contributed by atoms with Crippen molar-refractivity contribution in [1.82, 2.24) is 5.32 Å². The van der Waals surface area contributed by atoms with Crippen molar-refractivity contribution in [2.24, 2.45) is 0 Å². The molecule has 0 aliphatic rings. The van der Waals surface area contributed by atoms with Crippen molar-refractivity contribution < 1.29 is 5.11 Å². The Morgan fingerprint density at radius 1 is 1.25 bits per heavy atom. The minimum Gasteiger partial charge on any atom is -0.396 e. The van der Waals surface area contributed by atoms with E-state index in [9.17, 15) is 0 Å². The van der Waals surface area contributed by atoms with Crippen molar-refractivity contribution in [3.05, 3.63) is 0 Å². The second-order valence-corrected chi connectivity index (χ2v) is 3.43. The Morgan fingerprint density at radius 2 is 2.00 bits per heavy atom. The maximum Gasteiger partial charge on any atom is 0.0431 e. The SMILES string of the molecule is CCC[C@@H](C)NCCCCCO. The van der Waals surface area contributed by atoms with Crippen molar-refractivity contribution in [1.29, 1.82) is 0 Å². The molecule has 0 aromatic rings. The molecule has 0 aliphatic carbocycles. The molecule has 0 bridgehead atoms. The normalized spacial score (nSPS) is 13.2. The Kier molecular flexibility index (Phi) is 8.95. The molecule has 0 saturated carbocycles. The third-order valence-corrected chi connectivity index (χ3v) is 2.05. The van der Waals surface area contributed by atoms with E-state index in [1.54, 1.807) is 0 Å². The number of hydrogen-bond acceptors (Lipinski definition) is 2. The zero-order valence-electron chi connectivity index (χ0n) is 8.47. The second-order valence-electron chi connectivity index (χ2n) is 3.43. The first-order chi connectivity index (χ1) is 5.81. The zero-order valence-corrected chi connectivity index (χ0v) is 8.47. The molecule has 0 amide bonds. The highest BCUT2D eigenvalue weighted by atomic mass is 16.2. The van der Waals surface area contributed by atoms with E-state index in [-0.39, 0.29) is 0 Å². The van der Waals surface area contributed by atoms with Gasteiger partial charge in [-0.2, -0.15) is 0 Å². The molecule has 0 heterocycles. The van der Waals surface area contributed by atoms with Gasteiger partial charge in [-0.05, 0) is 39.2 Å². The lowest BCUT2D eigenvalue weighted by atomic mass is 10.2. The number of aliphatic hydroxyl groups is 1. The Balaban J connectivity index is 2.97. The van der Waals surface area contributed by atoms with Crippen LogP contribution in [0.3, 0.4) is 0 Å². The van der Waals surface area contributed by atoms with Crippen LogP contribution in [0.5, 0.6) is 0 Å². The van der Waals surface area contributed by atoms with Crippen molar-refractivity contribution in [2.45, 2.75) is 52.0 Å². The molecular weight excluding hydrogens is 150 g/mol. The van der Waals surface area contributed by atoms with Gasteiger partial charge in [-0.3, -0.25) is 0 Å². The van der Waals surface area contributed by atoms with Gasteiger partial charge in [0.25, 0.3) is 0 Å². The minimum absolute atomic E-state index is 0.338. The summed E-state index contributed by atoms with van der Waals surface area (Å²) < 4.78 is 0. The highest BCUT2D eigenvalue weighted by molar-refractivity contribution is 4.58. The molecule has 0 unspecified atom stereocenters. The maximum atomic E-state index is 8.54. The lowest BCUT2D eigenvalue weighted by Crippen LogP contribution is -2.26. The summed E-state index contributed by atoms with van der Waals surface area (Å²) in [5, 5.41) is 12.0. The van der Waals surface area contributed by atoms with Crippen LogP contribution in [0.25, 0.3) is 0 Å². The van der Waals surface area contributed by atoms with E-state index >= 15 is 0 Å². The van der Waals surface area contributed by atoms with Crippen LogP contribution < -0.4 is 5.32 Å². The summed E-state index contributed by atoms with van der Waals surface area (Å²) in [5.41, 5.74) is 0. The van der Waals surface area contributed by atoms with Crippen LogP contribution in [0.1, 0.15) is 46.0 Å². The summed E-state index contributed by atoms with van der Waals surface area (Å²) in [6, 6.07) is 0.657. The van der Waals surface area contributed by atoms with Crippen LogP contribution in [-0.4, -0.2) is 24.3 Å². The van der Waals surface area contributed by atoms with E-state index in [0.29, 0.717) is 12.6 Å². The topological polar surface area (TPSA) is 32.3 Å². The average Bonchev–Trinajstić information content (AvgIpc) is 2.05. The van der Waals surface area contributed by atoms with E-state index in [2.05, 4.69) is 19.2 Å². The zero-order chi connectivity index (χ0) is 9.23. The first-order valence-electron chi connectivity index (χ1n) is 5.15. The number of hydrogen-bond donors (Lipinski definition) is 2. The number of nitrogens with one attached hydrogen (secondary N) is 1. The molecule has 0 aliphatic heterocycles. The van der Waals surface area contributed by atoms with E-state index < -0.39 is 0 Å². The summed E-state index contributed by atoms with van der Waals surface area (Å²) in [4.78, 5) is 0. The van der Waals surface area contributed by atoms with Crippen LogP contribution in [0.15, 0.2) is 0 Å². The highest BCUT2D eigenvalue weighted by Gasteiger charge is 1.97. The van der Waals surface area contributed by atoms with Crippen LogP contribution in [0.4, 0.5) is 0 Å². The fraction of sp³-hybridized carbons (Fsp3) is 1.00. The van der Waals surface area contributed by atoms with Gasteiger partial charge in [0.05, 0.1) is 0 Å². The van der Waals surface area contributed by atoms with Gasteiger partial charge in [-0.25, -0.2) is 0 Å². The summed E-state index contributed by atoms with van der Waals surface area (Å²) in [6.45, 7) is 5.88. The molecule has 0 aromatic heterocycles. The van der Waals surface area contributed by atoms with Crippen molar-refractivity contribution >= 4 is 0 Å². The van der Waals surface area contributed by atoms with Crippen molar-refractivity contribution in [2.75, 3.05) is 13.2 Å². The number of aliphatic hydroxyl groups excluding tert-OH is 1. The third kappa shape index (κ3) is 8.02. The number of unbranched alkanes of at least 4 members (excludes halogenated alkanes) is 2. The van der Waals surface area contributed by atoms with Crippen molar-refractivity contribution in [3.63, 3.8) is 0 Å². The predicted octanol–water partition coefficient (Wildman–Crippen LogP) is 1.93. The second kappa shape index (κ2) is 9.01. The highest BCUT2D eigenvalue weighted by Crippen LogP contribution is 1.96. The Morgan fingerprint density at radius 3 is 2.58 bits per heavy atom. The molecule has 0 rings (SSSR count). The largest absolute Gasteiger partial charge is 0.396 e. The fourth-order valence-electron chi connectivity index (χ4n) is 1.30. The van der Waals surface area contributed by atoms with E-state index in [1.165, 1.54) is 19.3 Å². The molecular formula is C10H23NO. The Labute approximate surface area is 76.4 Å². The summed E-state index contributed by atoms with van der Waals surface area (Å²) in [5.74, 6) is 0. The molecule has 74 valence electrons. The molecule has 1 atom stereocenters. The quantitative estimate of drug-likeness (QED) is 0.550. The average molecular weight is 173 g/mol. The van der Waals surface area contributed by atoms with Gasteiger partial charge in [-0.1, -0.05) is 13.3 Å². The molecule has 0 fully saturated rings. The van der Waals surface area contributed by atoms with Gasteiger partial charge in [0.15, 0.2) is 0 Å². The summed E-state index contributed by atoms with van der Waals surface area (Å²) in [6.07, 6.45) is 5.80. The van der Waals surface area contributed by atoms with Crippen LogP contribution in [0.2, 0.25) is 0 Å². The Bertz CT molecular complexity index is 85.9. The Hall–Kier alpha value is -0.0800. The van der Waals surface area contributed by atoms with Crippen LogP contribution in [-0.2, 0) is 0 Å². The molecule has 12 heavy (non-hydrogen) atoms. The van der Waals surface area contributed by atoms with Gasteiger partial charge in [-0.15, -0.1) is 0 Å². The molecule has 2 N–H and O–H groups in total. The first kappa shape index (κ1) is 11.9. The van der Waals surface area contributed by atoms with E-state index in [1.807, 2.05) is 0 Å². The van der Waals surface area contributed by atoms with Gasteiger partial charge < -0.3 is 10.4 Å². The number of rotatable bonds is 8. The molecule has 0 radical (unpaired) electrons. The van der Waals surface area contributed by atoms with Crippen LogP contribution in [0, 0.1) is 0 Å². The molecule has 0 aromatic carbocycles. The molecule has 0 spiro atoms. The first-order valence-corrected chi connectivity index (χ1v) is 5.15. The van der Waals surface area contributed by atoms with E-state index in [0.717, 1.165) is 19.4 Å². The van der Waals surface area contributed by atoms with E-state index in [4.69, 9.17) is 5.11 Å². The minimum atomic E-state index is 0.338. The third-order valence-electron chi connectivity index (χ3n) is 2.05. The summed E-state index contributed by atoms with van der Waals surface area (Å²) in [7, 11) is 0. The molecule has 0 saturated heterocycles. The van der Waals surface area contributed by atoms with Gasteiger partial charge in [0.2, 0.25) is 0 Å². The van der Waals surface area contributed by atoms with Crippen LogP contribution >= 0.6 is 0 Å². The predicted molar refractivity (Wildman–Crippen MR) is 53.3 cm³/mol. The lowest BCUT2D eigenvalue weighted by molar-refractivity contribution is 0.282. The lowest BCUT2D eigenvalue weighted by Gasteiger charge is -2.11.